The van der Waals surface area contributed by atoms with E-state index >= 15 is 0 Å². The van der Waals surface area contributed by atoms with Crippen LogP contribution in [0.3, 0.4) is 0 Å². The number of likely N-dealkylation sites (tertiary alicyclic amines) is 1. The summed E-state index contributed by atoms with van der Waals surface area (Å²) < 4.78 is 11.3. The first-order valence-corrected chi connectivity index (χ1v) is 24.3. The number of hydrazine groups is 2. The molecule has 2 aliphatic rings. The predicted molar refractivity (Wildman–Crippen MR) is 260 cm³/mol. The zero-order valence-electron chi connectivity index (χ0n) is 42.3. The van der Waals surface area contributed by atoms with Gasteiger partial charge < -0.3 is 39.9 Å². The monoisotopic (exact) mass is 949 g/mol. The van der Waals surface area contributed by atoms with Crippen LogP contribution in [0, 0.1) is 29.6 Å². The van der Waals surface area contributed by atoms with Crippen molar-refractivity contribution in [2.75, 3.05) is 34.9 Å². The Kier molecular flexibility index (Phi) is 29.8. The lowest BCUT2D eigenvalue weighted by molar-refractivity contribution is -0.205. The van der Waals surface area contributed by atoms with Crippen LogP contribution in [-0.2, 0) is 33.4 Å². The van der Waals surface area contributed by atoms with E-state index in [1.54, 1.807) is 12.2 Å². The van der Waals surface area contributed by atoms with E-state index in [-0.39, 0.29) is 54.9 Å². The summed E-state index contributed by atoms with van der Waals surface area (Å²) in [6.45, 7) is 11.5. The molecule has 1 saturated heterocycles. The van der Waals surface area contributed by atoms with E-state index in [1.165, 1.54) is 14.0 Å². The topological polar surface area (TPSA) is 249 Å². The standard InChI is InChI=1S/C50H84N4O11.CH4O/c1-33(19-13-11-15-21-38(6)50(62,63)47(58)48(59)53-27-17-16-22-41(53)49(60)61)18-12-10-14-20-34(2)30-43(56)46(57)45(65-9)31-36(4)28-37(5)42(55)26-23-35(3)29-39-24-25-40(54(51)52-7)44(32-39)64-8;1-2/h10,12,14,18,20,28,34-35,37-41,43-45,52,56,62-63H,11,13,15-17,19,21-27,29-32,51H2,1-9H3,(H,60,61);2H,1H3/b12-10+,20-14+,33-18+,36-28+;/t34-,35+,37-,38?,39?,40?,41?,43?,44?,45?;/m1./s1. The van der Waals surface area contributed by atoms with Crippen molar-refractivity contribution < 1.29 is 59.0 Å². The molecule has 0 aromatic heterocycles. The number of hydrogen-bond acceptors (Lipinski definition) is 14. The number of allylic oxidation sites excluding steroid dienone is 7. The first kappa shape index (κ1) is 61.6. The number of ether oxygens (including phenoxy) is 2. The molecular formula is C51H88N4O12. The highest BCUT2D eigenvalue weighted by molar-refractivity contribution is 6.39. The number of rotatable bonds is 30. The van der Waals surface area contributed by atoms with Gasteiger partial charge >= 0.3 is 5.97 Å². The lowest BCUT2D eigenvalue weighted by atomic mass is 9.78. The Morgan fingerprint density at radius 1 is 0.910 bits per heavy atom. The van der Waals surface area contributed by atoms with Crippen molar-refractivity contribution >= 4 is 29.2 Å². The SMILES string of the molecule is CNN(N)C1CCC(C[C@@H](C)CCC(=O)[C@H](C)/C=C(\C)CC(OC)C(=O)C(O)C[C@H](C)/C=C/C=C/C=C(\C)CCCCCC(C)C(O)(O)C(=O)C(=O)N2CCCCC2C(=O)O)CC1OC.CO. The Morgan fingerprint density at radius 2 is 1.60 bits per heavy atom. The number of amides is 1. The number of aliphatic hydroxyl groups is 4. The maximum Gasteiger partial charge on any atom is 0.326 e. The highest BCUT2D eigenvalue weighted by atomic mass is 16.5. The minimum atomic E-state index is -2.88. The molecule has 2 rings (SSSR count). The summed E-state index contributed by atoms with van der Waals surface area (Å²) in [5.41, 5.74) is 5.01. The van der Waals surface area contributed by atoms with E-state index in [0.29, 0.717) is 50.4 Å². The molecule has 67 heavy (non-hydrogen) atoms. The van der Waals surface area contributed by atoms with Gasteiger partial charge in [-0.25, -0.2) is 10.2 Å². The van der Waals surface area contributed by atoms with Crippen LogP contribution in [0.5, 0.6) is 0 Å². The molecule has 2 fully saturated rings. The number of piperidine rings is 1. The summed E-state index contributed by atoms with van der Waals surface area (Å²) >= 11 is 0. The minimum Gasteiger partial charge on any atom is -0.480 e. The Bertz CT molecular complexity index is 1650. The van der Waals surface area contributed by atoms with Crippen LogP contribution in [0.25, 0.3) is 0 Å². The molecule has 0 spiro atoms. The summed E-state index contributed by atoms with van der Waals surface area (Å²) in [4.78, 5) is 64.3. The van der Waals surface area contributed by atoms with Gasteiger partial charge in [0, 0.05) is 59.6 Å². The molecule has 0 radical (unpaired) electrons. The summed E-state index contributed by atoms with van der Waals surface area (Å²) in [6, 6.07) is -1.01. The van der Waals surface area contributed by atoms with E-state index in [4.69, 9.17) is 20.4 Å². The van der Waals surface area contributed by atoms with E-state index < -0.39 is 47.6 Å². The maximum atomic E-state index is 13.2. The van der Waals surface area contributed by atoms with Gasteiger partial charge in [0.15, 0.2) is 5.78 Å². The fraction of sp³-hybridized carbons (Fsp3) is 0.745. The first-order valence-electron chi connectivity index (χ1n) is 24.3. The number of ketones is 3. The third kappa shape index (κ3) is 21.4. The van der Waals surface area contributed by atoms with Crippen molar-refractivity contribution in [3.8, 4) is 0 Å². The fourth-order valence-corrected chi connectivity index (χ4v) is 9.19. The third-order valence-corrected chi connectivity index (χ3v) is 13.5. The molecule has 10 atom stereocenters. The molecule has 1 aliphatic heterocycles. The number of hydrogen-bond donors (Lipinski definition) is 7. The Labute approximate surface area is 401 Å². The van der Waals surface area contributed by atoms with Gasteiger partial charge in [-0.1, -0.05) is 88.1 Å². The molecule has 0 aromatic carbocycles. The number of carbonyl (C=O) groups is 5. The number of carboxylic acids is 1. The van der Waals surface area contributed by atoms with Crippen LogP contribution in [0.15, 0.2) is 47.6 Å². The van der Waals surface area contributed by atoms with Crippen molar-refractivity contribution in [3.05, 3.63) is 47.6 Å². The molecule has 7 unspecified atom stereocenters. The second kappa shape index (κ2) is 32.4. The van der Waals surface area contributed by atoms with Gasteiger partial charge in [-0.3, -0.25) is 25.0 Å². The number of nitrogens with two attached hydrogens (primary N) is 1. The zero-order chi connectivity index (χ0) is 50.9. The molecule has 16 nitrogen and oxygen atoms in total. The number of aliphatic hydroxyl groups excluding tert-OH is 2. The maximum absolute atomic E-state index is 13.2. The van der Waals surface area contributed by atoms with Crippen molar-refractivity contribution in [2.45, 2.75) is 180 Å². The van der Waals surface area contributed by atoms with Crippen LogP contribution in [0.4, 0.5) is 0 Å². The number of unbranched alkanes of at least 4 members (excludes halogenated alkanes) is 2. The highest BCUT2D eigenvalue weighted by Gasteiger charge is 2.47. The lowest BCUT2D eigenvalue weighted by Gasteiger charge is -2.39. The van der Waals surface area contributed by atoms with E-state index in [9.17, 15) is 44.4 Å². The predicted octanol–water partition coefficient (Wildman–Crippen LogP) is 5.77. The van der Waals surface area contributed by atoms with E-state index in [2.05, 4.69) is 12.3 Å². The second-order valence-corrected chi connectivity index (χ2v) is 19.0. The Morgan fingerprint density at radius 3 is 2.22 bits per heavy atom. The number of carboxylic acid groups (broad SMARTS) is 1. The van der Waals surface area contributed by atoms with Crippen LogP contribution in [0.2, 0.25) is 0 Å². The Balaban J connectivity index is 0.0000111. The summed E-state index contributed by atoms with van der Waals surface area (Å²) in [6.07, 6.45) is 20.2. The number of methoxy groups -OCH3 is 2. The number of carbonyl (C=O) groups excluding carboxylic acids is 4. The van der Waals surface area contributed by atoms with Crippen molar-refractivity contribution in [2.24, 2.45) is 35.4 Å². The van der Waals surface area contributed by atoms with Crippen molar-refractivity contribution in [3.63, 3.8) is 0 Å². The lowest BCUT2D eigenvalue weighted by Crippen LogP contribution is -2.57. The van der Waals surface area contributed by atoms with Crippen molar-refractivity contribution in [1.29, 1.82) is 0 Å². The fourth-order valence-electron chi connectivity index (χ4n) is 9.19. The summed E-state index contributed by atoms with van der Waals surface area (Å²) in [7, 11) is 6.01. The van der Waals surface area contributed by atoms with Gasteiger partial charge in [0.1, 0.15) is 24.0 Å². The van der Waals surface area contributed by atoms with Crippen LogP contribution < -0.4 is 11.3 Å². The molecule has 0 bridgehead atoms. The van der Waals surface area contributed by atoms with E-state index in [1.807, 2.05) is 71.2 Å². The first-order chi connectivity index (χ1) is 31.7. The smallest absolute Gasteiger partial charge is 0.326 e. The quantitative estimate of drug-likeness (QED) is 0.00859. The van der Waals surface area contributed by atoms with Gasteiger partial charge in [-0.2, -0.15) is 5.12 Å². The number of nitrogens with one attached hydrogen (secondary N) is 1. The van der Waals surface area contributed by atoms with Crippen LogP contribution in [0.1, 0.15) is 144 Å². The normalized spacial score (nSPS) is 22.5. The largest absolute Gasteiger partial charge is 0.480 e. The molecule has 1 heterocycles. The van der Waals surface area contributed by atoms with Gasteiger partial charge in [0.25, 0.3) is 11.7 Å². The molecule has 1 amide bonds. The average molecular weight is 949 g/mol. The van der Waals surface area contributed by atoms with Gasteiger partial charge in [-0.15, -0.1) is 0 Å². The average Bonchev–Trinajstić information content (AvgIpc) is 3.31. The molecule has 1 saturated carbocycles. The number of nitrogens with zero attached hydrogens (tertiary/aromatic N) is 2. The molecular weight excluding hydrogens is 861 g/mol. The van der Waals surface area contributed by atoms with Crippen LogP contribution >= 0.6 is 0 Å². The summed E-state index contributed by atoms with van der Waals surface area (Å²) in [5, 5.41) is 50.1. The van der Waals surface area contributed by atoms with Gasteiger partial charge in [0.05, 0.1) is 12.1 Å². The van der Waals surface area contributed by atoms with Crippen molar-refractivity contribution in [1.82, 2.24) is 15.4 Å². The molecule has 8 N–H and O–H groups in total. The molecule has 0 aromatic rings. The molecule has 16 heteroatoms. The summed E-state index contributed by atoms with van der Waals surface area (Å²) in [5.74, 6) is -1.11. The van der Waals surface area contributed by atoms with Gasteiger partial charge in [-0.05, 0) is 109 Å². The van der Waals surface area contributed by atoms with Crippen LogP contribution in [-0.4, -0.2) is 136 Å². The van der Waals surface area contributed by atoms with E-state index in [0.717, 1.165) is 74.5 Å². The Hall–Kier alpha value is -3.45. The molecule has 384 valence electrons. The number of aliphatic carboxylic acids is 1. The molecule has 1 aliphatic carbocycles. The van der Waals surface area contributed by atoms with Gasteiger partial charge in [0.2, 0.25) is 5.79 Å². The highest BCUT2D eigenvalue weighted by Crippen LogP contribution is 2.34. The second-order valence-electron chi connectivity index (χ2n) is 19.0. The third-order valence-electron chi connectivity index (χ3n) is 13.5. The number of Topliss-reactive ketones (excluding diaryl/α,β-unsaturated/α-hetero) is 3. The minimum absolute atomic E-state index is 0.0682. The zero-order valence-corrected chi connectivity index (χ0v) is 42.3.